The first-order chi connectivity index (χ1) is 22.2. The van der Waals surface area contributed by atoms with Crippen LogP contribution >= 0.6 is 0 Å². The summed E-state index contributed by atoms with van der Waals surface area (Å²) >= 11 is 0. The fraction of sp³-hybridized carbons (Fsp3) is 0.953. The number of allylic oxidation sites excluding steroid dienone is 1. The Morgan fingerprint density at radius 1 is 0.739 bits per heavy atom. The highest BCUT2D eigenvalue weighted by molar-refractivity contribution is 5.25. The van der Waals surface area contributed by atoms with Gasteiger partial charge in [0.25, 0.3) is 0 Å². The van der Waals surface area contributed by atoms with Gasteiger partial charge in [0.2, 0.25) is 0 Å². The first-order valence-corrected chi connectivity index (χ1v) is 20.7. The van der Waals surface area contributed by atoms with E-state index in [1.165, 1.54) is 116 Å². The molecule has 9 atom stereocenters. The molecule has 0 unspecified atom stereocenters. The molecule has 0 aromatic carbocycles. The number of hydrogen-bond donors (Lipinski definition) is 0. The standard InChI is InChI=1S/C43H78O3/c1-8-9-27-44-31-34(4)32-45-28-14-12-10-11-13-15-29-46-37-23-25-42(6)36(30-37)19-20-38-40-22-21-39(35(5)18-16-17-33(2)3)43(40,7)26-24-41(38)42/h19,33-35,37-41H,8-18,20-32H2,1-7H3/t34-,35-,37+,38+,39-,40+,41+,42+,43-/m1/s1. The lowest BCUT2D eigenvalue weighted by Gasteiger charge is -2.58. The number of hydrogen-bond acceptors (Lipinski definition) is 3. The summed E-state index contributed by atoms with van der Waals surface area (Å²) in [5, 5.41) is 0. The van der Waals surface area contributed by atoms with E-state index in [-0.39, 0.29) is 0 Å². The third-order valence-corrected chi connectivity index (χ3v) is 13.7. The Balaban J connectivity index is 1.09. The van der Waals surface area contributed by atoms with Gasteiger partial charge in [0.1, 0.15) is 0 Å². The molecule has 4 aliphatic carbocycles. The van der Waals surface area contributed by atoms with Crippen LogP contribution in [0.3, 0.4) is 0 Å². The summed E-state index contributed by atoms with van der Waals surface area (Å²) in [6.07, 6.45) is 28.7. The Morgan fingerprint density at radius 3 is 2.15 bits per heavy atom. The van der Waals surface area contributed by atoms with Crippen molar-refractivity contribution in [2.45, 2.75) is 177 Å². The van der Waals surface area contributed by atoms with Crippen molar-refractivity contribution in [3.05, 3.63) is 11.6 Å². The normalized spacial score (nSPS) is 33.7. The summed E-state index contributed by atoms with van der Waals surface area (Å²) in [7, 11) is 0. The van der Waals surface area contributed by atoms with Crippen LogP contribution in [0.1, 0.15) is 170 Å². The third-order valence-electron chi connectivity index (χ3n) is 13.7. The third kappa shape index (κ3) is 10.3. The van der Waals surface area contributed by atoms with Gasteiger partial charge in [-0.3, -0.25) is 0 Å². The van der Waals surface area contributed by atoms with E-state index >= 15 is 0 Å². The van der Waals surface area contributed by atoms with Crippen LogP contribution in [0.15, 0.2) is 11.6 Å². The summed E-state index contributed by atoms with van der Waals surface area (Å²) in [5.74, 6) is 6.03. The van der Waals surface area contributed by atoms with Gasteiger partial charge in [-0.25, -0.2) is 0 Å². The fourth-order valence-electron chi connectivity index (χ4n) is 10.9. The lowest BCUT2D eigenvalue weighted by Crippen LogP contribution is -2.51. The van der Waals surface area contributed by atoms with Gasteiger partial charge in [-0.1, -0.05) is 111 Å². The zero-order chi connectivity index (χ0) is 33.0. The van der Waals surface area contributed by atoms with Crippen molar-refractivity contribution in [3.63, 3.8) is 0 Å². The Hall–Kier alpha value is -0.380. The second-order valence-corrected chi connectivity index (χ2v) is 17.8. The summed E-state index contributed by atoms with van der Waals surface area (Å²) in [4.78, 5) is 0. The SMILES string of the molecule is CCCCOC[C@@H](C)COCCCCCCCCO[C@H]1CC[C@@]2(C)C(=CC[C@H]3[C@@H]4CC[C@H]([C@H](C)CCCC(C)C)[C@@]4(C)CC[C@@H]32)C1. The van der Waals surface area contributed by atoms with Gasteiger partial charge in [-0.15, -0.1) is 0 Å². The molecule has 0 spiro atoms. The Morgan fingerprint density at radius 2 is 1.43 bits per heavy atom. The van der Waals surface area contributed by atoms with Crippen molar-refractivity contribution >= 4 is 0 Å². The largest absolute Gasteiger partial charge is 0.381 e. The van der Waals surface area contributed by atoms with Crippen molar-refractivity contribution in [3.8, 4) is 0 Å². The van der Waals surface area contributed by atoms with Crippen LogP contribution in [0.25, 0.3) is 0 Å². The molecular weight excluding hydrogens is 564 g/mol. The molecule has 0 saturated heterocycles. The molecule has 0 bridgehead atoms. The van der Waals surface area contributed by atoms with Crippen molar-refractivity contribution in [2.75, 3.05) is 33.0 Å². The predicted molar refractivity (Wildman–Crippen MR) is 196 cm³/mol. The van der Waals surface area contributed by atoms with E-state index in [1.807, 2.05) is 0 Å². The zero-order valence-electron chi connectivity index (χ0n) is 31.9. The Bertz CT molecular complexity index is 881. The van der Waals surface area contributed by atoms with E-state index in [1.54, 1.807) is 5.57 Å². The van der Waals surface area contributed by atoms with E-state index in [0.29, 0.717) is 22.9 Å². The minimum atomic E-state index is 0.440. The van der Waals surface area contributed by atoms with E-state index in [4.69, 9.17) is 14.2 Å². The van der Waals surface area contributed by atoms with Crippen LogP contribution in [0.2, 0.25) is 0 Å². The summed E-state index contributed by atoms with van der Waals surface area (Å²) in [5.41, 5.74) is 2.82. The maximum Gasteiger partial charge on any atom is 0.0612 e. The van der Waals surface area contributed by atoms with Crippen LogP contribution in [0.4, 0.5) is 0 Å². The van der Waals surface area contributed by atoms with Gasteiger partial charge in [-0.2, -0.15) is 0 Å². The molecule has 3 fully saturated rings. The number of fused-ring (bicyclic) bond motifs is 5. The predicted octanol–water partition coefficient (Wildman–Crippen LogP) is 12.2. The van der Waals surface area contributed by atoms with Crippen molar-refractivity contribution in [1.29, 1.82) is 0 Å². The minimum absolute atomic E-state index is 0.440. The van der Waals surface area contributed by atoms with E-state index < -0.39 is 0 Å². The van der Waals surface area contributed by atoms with Gasteiger partial charge in [0.05, 0.1) is 19.3 Å². The maximum absolute atomic E-state index is 6.54. The van der Waals surface area contributed by atoms with E-state index in [9.17, 15) is 0 Å². The van der Waals surface area contributed by atoms with Gasteiger partial charge < -0.3 is 14.2 Å². The topological polar surface area (TPSA) is 27.7 Å². The first-order valence-electron chi connectivity index (χ1n) is 20.7. The van der Waals surface area contributed by atoms with Crippen LogP contribution in [-0.4, -0.2) is 39.1 Å². The zero-order valence-corrected chi connectivity index (χ0v) is 31.9. The smallest absolute Gasteiger partial charge is 0.0612 e. The fourth-order valence-corrected chi connectivity index (χ4v) is 10.9. The molecular formula is C43H78O3. The summed E-state index contributed by atoms with van der Waals surface area (Å²) < 4.78 is 18.1. The van der Waals surface area contributed by atoms with Gasteiger partial charge in [0.15, 0.2) is 0 Å². The second-order valence-electron chi connectivity index (χ2n) is 17.8. The average Bonchev–Trinajstić information content (AvgIpc) is 3.39. The molecule has 3 nitrogen and oxygen atoms in total. The summed E-state index contributed by atoms with van der Waals surface area (Å²) in [6, 6.07) is 0. The molecule has 0 amide bonds. The molecule has 3 saturated carbocycles. The number of unbranched alkanes of at least 4 members (excludes halogenated alkanes) is 6. The first kappa shape index (κ1) is 38.4. The van der Waals surface area contributed by atoms with Crippen LogP contribution in [0.5, 0.6) is 0 Å². The molecule has 4 rings (SSSR count). The molecule has 268 valence electrons. The monoisotopic (exact) mass is 643 g/mol. The molecule has 0 aliphatic heterocycles. The minimum Gasteiger partial charge on any atom is -0.381 e. The van der Waals surface area contributed by atoms with Crippen molar-refractivity contribution < 1.29 is 14.2 Å². The van der Waals surface area contributed by atoms with Crippen LogP contribution in [0, 0.1) is 52.3 Å². The molecule has 0 aromatic heterocycles. The van der Waals surface area contributed by atoms with E-state index in [0.717, 1.165) is 75.0 Å². The van der Waals surface area contributed by atoms with Gasteiger partial charge in [0, 0.05) is 25.7 Å². The van der Waals surface area contributed by atoms with Crippen LogP contribution in [-0.2, 0) is 14.2 Å². The number of ether oxygens (including phenoxy) is 3. The average molecular weight is 643 g/mol. The quantitative estimate of drug-likeness (QED) is 0.0868. The molecule has 0 N–H and O–H groups in total. The van der Waals surface area contributed by atoms with Gasteiger partial charge >= 0.3 is 0 Å². The molecule has 0 aromatic rings. The maximum atomic E-state index is 6.54. The lowest BCUT2D eigenvalue weighted by molar-refractivity contribution is -0.0641. The molecule has 46 heavy (non-hydrogen) atoms. The molecule has 3 heteroatoms. The lowest BCUT2D eigenvalue weighted by atomic mass is 9.47. The molecule has 0 radical (unpaired) electrons. The van der Waals surface area contributed by atoms with Gasteiger partial charge in [-0.05, 0) is 117 Å². The second kappa shape index (κ2) is 19.1. The number of rotatable bonds is 22. The highest BCUT2D eigenvalue weighted by Gasteiger charge is 2.59. The van der Waals surface area contributed by atoms with Crippen molar-refractivity contribution in [2.24, 2.45) is 52.3 Å². The highest BCUT2D eigenvalue weighted by Crippen LogP contribution is 2.67. The Kier molecular flexibility index (Phi) is 16.0. The highest BCUT2D eigenvalue weighted by atomic mass is 16.5. The van der Waals surface area contributed by atoms with Crippen molar-refractivity contribution in [1.82, 2.24) is 0 Å². The summed E-state index contributed by atoms with van der Waals surface area (Å²) in [6.45, 7) is 21.6. The van der Waals surface area contributed by atoms with E-state index in [2.05, 4.69) is 54.5 Å². The molecule has 4 aliphatic rings. The van der Waals surface area contributed by atoms with Crippen LogP contribution < -0.4 is 0 Å². The molecule has 0 heterocycles. The Labute approximate surface area is 287 Å².